The van der Waals surface area contributed by atoms with E-state index in [1.807, 2.05) is 19.0 Å². The van der Waals surface area contributed by atoms with Crippen molar-refractivity contribution in [2.75, 3.05) is 40.3 Å². The summed E-state index contributed by atoms with van der Waals surface area (Å²) >= 11 is 0. The van der Waals surface area contributed by atoms with Gasteiger partial charge in [-0.3, -0.25) is 9.59 Å². The standard InChI is InChI=1S/C13H23N3O2/c1-5-9-16(10-6-2)13(18)12(17)14-8-7-11-15(3)4/h5-6H,1-2,7-11H2,3-4H3,(H,14,17). The number of rotatable bonds is 8. The molecule has 0 saturated heterocycles. The molecular weight excluding hydrogens is 230 g/mol. The van der Waals surface area contributed by atoms with Gasteiger partial charge in [0.25, 0.3) is 0 Å². The van der Waals surface area contributed by atoms with Crippen LogP contribution in [0.4, 0.5) is 0 Å². The van der Waals surface area contributed by atoms with Gasteiger partial charge in [0, 0.05) is 19.6 Å². The van der Waals surface area contributed by atoms with Crippen LogP contribution in [0.5, 0.6) is 0 Å². The van der Waals surface area contributed by atoms with E-state index in [1.54, 1.807) is 12.2 Å². The van der Waals surface area contributed by atoms with Crippen molar-refractivity contribution in [2.24, 2.45) is 0 Å². The van der Waals surface area contributed by atoms with Crippen LogP contribution in [0, 0.1) is 0 Å². The lowest BCUT2D eigenvalue weighted by atomic mass is 10.3. The molecule has 0 aromatic carbocycles. The molecule has 2 amide bonds. The maximum atomic E-state index is 11.8. The number of hydrogen-bond donors (Lipinski definition) is 1. The fraction of sp³-hybridized carbons (Fsp3) is 0.538. The number of amides is 2. The van der Waals surface area contributed by atoms with Gasteiger partial charge in [-0.05, 0) is 27.1 Å². The number of carbonyl (C=O) groups excluding carboxylic acids is 2. The first-order chi connectivity index (χ1) is 8.52. The molecule has 0 aromatic rings. The monoisotopic (exact) mass is 253 g/mol. The van der Waals surface area contributed by atoms with Gasteiger partial charge in [0.2, 0.25) is 0 Å². The van der Waals surface area contributed by atoms with Crippen LogP contribution in [-0.2, 0) is 9.59 Å². The zero-order valence-electron chi connectivity index (χ0n) is 11.3. The molecule has 0 rings (SSSR count). The number of nitrogens with zero attached hydrogens (tertiary/aromatic N) is 2. The average molecular weight is 253 g/mol. The molecule has 0 atom stereocenters. The fourth-order valence-electron chi connectivity index (χ4n) is 1.37. The molecular formula is C13H23N3O2. The Labute approximate surface area is 109 Å². The van der Waals surface area contributed by atoms with E-state index in [2.05, 4.69) is 18.5 Å². The topological polar surface area (TPSA) is 52.7 Å². The number of nitrogens with one attached hydrogen (secondary N) is 1. The highest BCUT2D eigenvalue weighted by atomic mass is 16.2. The fourth-order valence-corrected chi connectivity index (χ4v) is 1.37. The largest absolute Gasteiger partial charge is 0.348 e. The summed E-state index contributed by atoms with van der Waals surface area (Å²) in [4.78, 5) is 26.8. The molecule has 0 aromatic heterocycles. The third kappa shape index (κ3) is 6.85. The molecule has 0 bridgehead atoms. The lowest BCUT2D eigenvalue weighted by Crippen LogP contribution is -2.43. The minimum Gasteiger partial charge on any atom is -0.348 e. The van der Waals surface area contributed by atoms with Crippen molar-refractivity contribution >= 4 is 11.8 Å². The second-order valence-electron chi connectivity index (χ2n) is 4.20. The molecule has 0 aliphatic carbocycles. The van der Waals surface area contributed by atoms with Gasteiger partial charge in [-0.25, -0.2) is 0 Å². The molecule has 1 N–H and O–H groups in total. The zero-order chi connectivity index (χ0) is 14.0. The van der Waals surface area contributed by atoms with E-state index in [1.165, 1.54) is 4.90 Å². The third-order valence-corrected chi connectivity index (χ3v) is 2.25. The summed E-state index contributed by atoms with van der Waals surface area (Å²) in [5.41, 5.74) is 0. The Bertz CT molecular complexity index is 291. The van der Waals surface area contributed by atoms with E-state index in [0.29, 0.717) is 19.6 Å². The van der Waals surface area contributed by atoms with Crippen LogP contribution in [0.1, 0.15) is 6.42 Å². The summed E-state index contributed by atoms with van der Waals surface area (Å²) in [7, 11) is 3.92. The van der Waals surface area contributed by atoms with Gasteiger partial charge in [0.15, 0.2) is 0 Å². The molecule has 5 nitrogen and oxygen atoms in total. The van der Waals surface area contributed by atoms with Gasteiger partial charge in [-0.2, -0.15) is 0 Å². The lowest BCUT2D eigenvalue weighted by molar-refractivity contribution is -0.145. The molecule has 18 heavy (non-hydrogen) atoms. The quantitative estimate of drug-likeness (QED) is 0.383. The zero-order valence-corrected chi connectivity index (χ0v) is 11.3. The van der Waals surface area contributed by atoms with E-state index >= 15 is 0 Å². The molecule has 0 fully saturated rings. The molecule has 0 spiro atoms. The summed E-state index contributed by atoms with van der Waals surface area (Å²) in [5, 5.41) is 2.61. The van der Waals surface area contributed by atoms with E-state index in [4.69, 9.17) is 0 Å². The molecule has 0 saturated carbocycles. The van der Waals surface area contributed by atoms with Crippen molar-refractivity contribution in [3.05, 3.63) is 25.3 Å². The maximum absolute atomic E-state index is 11.8. The minimum atomic E-state index is -0.572. The van der Waals surface area contributed by atoms with Gasteiger partial charge in [0.05, 0.1) is 0 Å². The van der Waals surface area contributed by atoms with Crippen LogP contribution >= 0.6 is 0 Å². The highest BCUT2D eigenvalue weighted by Gasteiger charge is 2.19. The first-order valence-corrected chi connectivity index (χ1v) is 5.96. The molecule has 5 heteroatoms. The summed E-state index contributed by atoms with van der Waals surface area (Å²) in [5.74, 6) is -1.11. The number of hydrogen-bond acceptors (Lipinski definition) is 3. The average Bonchev–Trinajstić information content (AvgIpc) is 2.33. The summed E-state index contributed by atoms with van der Waals surface area (Å²) in [6, 6.07) is 0. The maximum Gasteiger partial charge on any atom is 0.312 e. The van der Waals surface area contributed by atoms with Crippen LogP contribution < -0.4 is 5.32 Å². The highest BCUT2D eigenvalue weighted by molar-refractivity contribution is 6.35. The van der Waals surface area contributed by atoms with Gasteiger partial charge in [0.1, 0.15) is 0 Å². The van der Waals surface area contributed by atoms with Gasteiger partial charge in [-0.15, -0.1) is 13.2 Å². The van der Waals surface area contributed by atoms with E-state index in [-0.39, 0.29) is 0 Å². The Balaban J connectivity index is 4.09. The van der Waals surface area contributed by atoms with E-state index < -0.39 is 11.8 Å². The van der Waals surface area contributed by atoms with Crippen molar-refractivity contribution in [3.63, 3.8) is 0 Å². The van der Waals surface area contributed by atoms with Gasteiger partial charge >= 0.3 is 11.8 Å². The van der Waals surface area contributed by atoms with E-state index in [0.717, 1.165) is 13.0 Å². The Hall–Kier alpha value is -1.62. The summed E-state index contributed by atoms with van der Waals surface area (Å²) < 4.78 is 0. The predicted molar refractivity (Wildman–Crippen MR) is 73.2 cm³/mol. The van der Waals surface area contributed by atoms with Gasteiger partial charge < -0.3 is 15.1 Å². The minimum absolute atomic E-state index is 0.343. The van der Waals surface area contributed by atoms with Crippen molar-refractivity contribution in [2.45, 2.75) is 6.42 Å². The van der Waals surface area contributed by atoms with Crippen molar-refractivity contribution in [3.8, 4) is 0 Å². The smallest absolute Gasteiger partial charge is 0.312 e. The summed E-state index contributed by atoms with van der Waals surface area (Å²) in [6.07, 6.45) is 3.98. The predicted octanol–water partition coefficient (Wildman–Crippen LogP) is 0.255. The third-order valence-electron chi connectivity index (χ3n) is 2.25. The molecule has 0 unspecified atom stereocenters. The highest BCUT2D eigenvalue weighted by Crippen LogP contribution is 1.92. The number of carbonyl (C=O) groups is 2. The molecule has 102 valence electrons. The molecule has 0 radical (unpaired) electrons. The van der Waals surface area contributed by atoms with Crippen LogP contribution in [0.3, 0.4) is 0 Å². The summed E-state index contributed by atoms with van der Waals surface area (Å²) in [6.45, 7) is 9.17. The van der Waals surface area contributed by atoms with Crippen LogP contribution in [-0.4, -0.2) is 61.9 Å². The van der Waals surface area contributed by atoms with Crippen LogP contribution in [0.2, 0.25) is 0 Å². The first kappa shape index (κ1) is 16.4. The molecule has 0 heterocycles. The van der Waals surface area contributed by atoms with E-state index in [9.17, 15) is 9.59 Å². The normalized spacial score (nSPS) is 9.94. The Morgan fingerprint density at radius 3 is 2.17 bits per heavy atom. The lowest BCUT2D eigenvalue weighted by Gasteiger charge is -2.18. The van der Waals surface area contributed by atoms with Crippen molar-refractivity contribution in [1.29, 1.82) is 0 Å². The Morgan fingerprint density at radius 1 is 1.17 bits per heavy atom. The first-order valence-electron chi connectivity index (χ1n) is 5.96. The SMILES string of the molecule is C=CCN(CC=C)C(=O)C(=O)NCCCN(C)C. The van der Waals surface area contributed by atoms with Crippen LogP contribution in [0.15, 0.2) is 25.3 Å². The molecule has 0 aliphatic heterocycles. The molecule has 0 aliphatic rings. The Kier molecular flexibility index (Phi) is 8.57. The Morgan fingerprint density at radius 2 is 1.72 bits per heavy atom. The van der Waals surface area contributed by atoms with Gasteiger partial charge in [-0.1, -0.05) is 12.2 Å². The second kappa shape index (κ2) is 9.41. The van der Waals surface area contributed by atoms with Crippen molar-refractivity contribution < 1.29 is 9.59 Å². The second-order valence-corrected chi connectivity index (χ2v) is 4.20. The van der Waals surface area contributed by atoms with Crippen LogP contribution in [0.25, 0.3) is 0 Å². The van der Waals surface area contributed by atoms with Crippen molar-refractivity contribution in [1.82, 2.24) is 15.1 Å².